The number of hydrogen-bond acceptors (Lipinski definition) is 4. The third-order valence-corrected chi connectivity index (χ3v) is 5.75. The molecule has 0 saturated heterocycles. The van der Waals surface area contributed by atoms with E-state index in [4.69, 9.17) is 0 Å². The maximum Gasteiger partial charge on any atom is 0.173 e. The van der Waals surface area contributed by atoms with Crippen molar-refractivity contribution in [2.45, 2.75) is 26.2 Å². The highest BCUT2D eigenvalue weighted by Crippen LogP contribution is 2.33. The van der Waals surface area contributed by atoms with Crippen LogP contribution in [0.3, 0.4) is 0 Å². The number of carbonyl (C=O) groups is 1. The number of thiophene rings is 1. The molecular formula is C21H18FN3OS. The Balaban J connectivity index is 1.60. The van der Waals surface area contributed by atoms with Crippen LogP contribution in [-0.2, 0) is 0 Å². The van der Waals surface area contributed by atoms with Gasteiger partial charge in [-0.05, 0) is 48.7 Å². The summed E-state index contributed by atoms with van der Waals surface area (Å²) in [6.07, 6.45) is 3.84. The molecule has 6 heteroatoms. The summed E-state index contributed by atoms with van der Waals surface area (Å²) in [6.45, 7) is 3.94. The van der Waals surface area contributed by atoms with Gasteiger partial charge >= 0.3 is 0 Å². The van der Waals surface area contributed by atoms with Crippen molar-refractivity contribution in [1.29, 1.82) is 0 Å². The quantitative estimate of drug-likeness (QED) is 0.443. The zero-order chi connectivity index (χ0) is 19.0. The third kappa shape index (κ3) is 3.40. The molecule has 0 spiro atoms. The standard InChI is InChI=1S/C21H18FN3OS/c1-13(15-5-3-6-16(22)10-15)9-19(26)20-11-17(14(2)27-20)18-12-23-21-7-4-8-24-25(18)21/h3-8,10-13H,9H2,1-2H3. The van der Waals surface area contributed by atoms with Gasteiger partial charge in [0.05, 0.1) is 16.8 Å². The number of imidazole rings is 1. The van der Waals surface area contributed by atoms with E-state index in [1.54, 1.807) is 23.0 Å². The van der Waals surface area contributed by atoms with Gasteiger partial charge in [-0.25, -0.2) is 13.9 Å². The first kappa shape index (κ1) is 17.5. The van der Waals surface area contributed by atoms with Crippen LogP contribution in [0.1, 0.15) is 39.4 Å². The molecule has 1 aromatic carbocycles. The van der Waals surface area contributed by atoms with Crippen LogP contribution in [0.15, 0.2) is 54.9 Å². The lowest BCUT2D eigenvalue weighted by atomic mass is 9.95. The Morgan fingerprint density at radius 1 is 1.26 bits per heavy atom. The predicted octanol–water partition coefficient (Wildman–Crippen LogP) is 5.28. The van der Waals surface area contributed by atoms with Crippen LogP contribution >= 0.6 is 11.3 Å². The Hall–Kier alpha value is -2.86. The zero-order valence-electron chi connectivity index (χ0n) is 15.0. The van der Waals surface area contributed by atoms with Crippen LogP contribution < -0.4 is 0 Å². The number of hydrogen-bond donors (Lipinski definition) is 0. The van der Waals surface area contributed by atoms with Crippen LogP contribution in [0.2, 0.25) is 0 Å². The summed E-state index contributed by atoms with van der Waals surface area (Å²) in [5.41, 5.74) is 3.44. The molecule has 0 N–H and O–H groups in total. The number of aromatic nitrogens is 3. The van der Waals surface area contributed by atoms with Crippen molar-refractivity contribution >= 4 is 22.8 Å². The molecule has 0 saturated carbocycles. The Kier molecular flexibility index (Phi) is 4.58. The van der Waals surface area contributed by atoms with Gasteiger partial charge in [-0.2, -0.15) is 5.10 Å². The topological polar surface area (TPSA) is 47.3 Å². The maximum atomic E-state index is 13.4. The molecule has 3 aromatic heterocycles. The van der Waals surface area contributed by atoms with Gasteiger partial charge in [0.2, 0.25) is 0 Å². The first-order valence-corrected chi connectivity index (χ1v) is 9.53. The molecule has 0 radical (unpaired) electrons. The minimum absolute atomic E-state index is 0.0449. The molecule has 1 atom stereocenters. The predicted molar refractivity (Wildman–Crippen MR) is 105 cm³/mol. The van der Waals surface area contributed by atoms with Gasteiger partial charge in [0, 0.05) is 23.1 Å². The van der Waals surface area contributed by atoms with E-state index in [1.807, 2.05) is 38.1 Å². The Morgan fingerprint density at radius 2 is 2.11 bits per heavy atom. The van der Waals surface area contributed by atoms with E-state index in [-0.39, 0.29) is 17.5 Å². The molecule has 0 aliphatic heterocycles. The first-order chi connectivity index (χ1) is 13.0. The van der Waals surface area contributed by atoms with Crippen molar-refractivity contribution in [2.75, 3.05) is 0 Å². The number of rotatable bonds is 5. The lowest BCUT2D eigenvalue weighted by Crippen LogP contribution is -2.03. The van der Waals surface area contributed by atoms with Crippen LogP contribution in [0, 0.1) is 12.7 Å². The van der Waals surface area contributed by atoms with Gasteiger partial charge < -0.3 is 0 Å². The molecule has 4 aromatic rings. The highest BCUT2D eigenvalue weighted by Gasteiger charge is 2.19. The fourth-order valence-corrected chi connectivity index (χ4v) is 4.17. The molecule has 0 aliphatic carbocycles. The summed E-state index contributed by atoms with van der Waals surface area (Å²) in [4.78, 5) is 18.9. The summed E-state index contributed by atoms with van der Waals surface area (Å²) in [5.74, 6) is -0.259. The molecule has 136 valence electrons. The fraction of sp³-hybridized carbons (Fsp3) is 0.190. The van der Waals surface area contributed by atoms with E-state index in [9.17, 15) is 9.18 Å². The normalized spacial score (nSPS) is 12.4. The Morgan fingerprint density at radius 3 is 2.93 bits per heavy atom. The third-order valence-electron chi connectivity index (χ3n) is 4.66. The van der Waals surface area contributed by atoms with Crippen molar-refractivity contribution in [3.8, 4) is 11.3 Å². The molecular weight excluding hydrogens is 361 g/mol. The van der Waals surface area contributed by atoms with Gasteiger partial charge in [0.25, 0.3) is 0 Å². The zero-order valence-corrected chi connectivity index (χ0v) is 15.8. The van der Waals surface area contributed by atoms with Crippen molar-refractivity contribution in [2.24, 2.45) is 0 Å². The SMILES string of the molecule is Cc1sc(C(=O)CC(C)c2cccc(F)c2)cc1-c1cnc2cccnn12. The number of carbonyl (C=O) groups excluding carboxylic acids is 1. The number of fused-ring (bicyclic) bond motifs is 1. The largest absolute Gasteiger partial charge is 0.293 e. The summed E-state index contributed by atoms with van der Waals surface area (Å²) in [6, 6.07) is 12.1. The van der Waals surface area contributed by atoms with Crippen LogP contribution in [0.25, 0.3) is 16.9 Å². The molecule has 0 amide bonds. The average molecular weight is 379 g/mol. The lowest BCUT2D eigenvalue weighted by Gasteiger charge is -2.10. The second-order valence-corrected chi connectivity index (χ2v) is 7.86. The second kappa shape index (κ2) is 7.04. The van der Waals surface area contributed by atoms with Crippen molar-refractivity contribution in [3.05, 3.63) is 76.0 Å². The highest BCUT2D eigenvalue weighted by atomic mass is 32.1. The van der Waals surface area contributed by atoms with E-state index < -0.39 is 0 Å². The van der Waals surface area contributed by atoms with Crippen molar-refractivity contribution in [3.63, 3.8) is 0 Å². The minimum Gasteiger partial charge on any atom is -0.293 e. The Bertz CT molecular complexity index is 1130. The van der Waals surface area contributed by atoms with Crippen LogP contribution in [-0.4, -0.2) is 20.4 Å². The van der Waals surface area contributed by atoms with Crippen LogP contribution in [0.5, 0.6) is 0 Å². The van der Waals surface area contributed by atoms with E-state index in [0.717, 1.165) is 27.3 Å². The molecule has 0 aliphatic rings. The van der Waals surface area contributed by atoms with Crippen molar-refractivity contribution in [1.82, 2.24) is 14.6 Å². The summed E-state index contributed by atoms with van der Waals surface area (Å²) < 4.78 is 15.2. The number of aryl methyl sites for hydroxylation is 1. The first-order valence-electron chi connectivity index (χ1n) is 8.71. The summed E-state index contributed by atoms with van der Waals surface area (Å²) in [5, 5.41) is 4.35. The van der Waals surface area contributed by atoms with E-state index in [0.29, 0.717) is 11.3 Å². The number of Topliss-reactive ketones (excluding diaryl/α,β-unsaturated/α-hetero) is 1. The minimum atomic E-state index is -0.277. The number of nitrogens with zero attached hydrogens (tertiary/aromatic N) is 3. The molecule has 3 heterocycles. The maximum absolute atomic E-state index is 13.4. The van der Waals surface area contributed by atoms with E-state index in [1.165, 1.54) is 23.5 Å². The monoisotopic (exact) mass is 379 g/mol. The van der Waals surface area contributed by atoms with Crippen molar-refractivity contribution < 1.29 is 9.18 Å². The van der Waals surface area contributed by atoms with Gasteiger partial charge in [-0.3, -0.25) is 4.79 Å². The van der Waals surface area contributed by atoms with E-state index >= 15 is 0 Å². The number of halogens is 1. The number of benzene rings is 1. The molecule has 0 bridgehead atoms. The number of ketones is 1. The molecule has 1 unspecified atom stereocenters. The summed E-state index contributed by atoms with van der Waals surface area (Å²) >= 11 is 1.48. The van der Waals surface area contributed by atoms with Crippen LogP contribution in [0.4, 0.5) is 4.39 Å². The molecule has 4 rings (SSSR count). The van der Waals surface area contributed by atoms with Gasteiger partial charge in [0.15, 0.2) is 11.4 Å². The molecule has 0 fully saturated rings. The summed E-state index contributed by atoms with van der Waals surface area (Å²) in [7, 11) is 0. The highest BCUT2D eigenvalue weighted by molar-refractivity contribution is 7.14. The smallest absolute Gasteiger partial charge is 0.173 e. The van der Waals surface area contributed by atoms with E-state index in [2.05, 4.69) is 10.1 Å². The lowest BCUT2D eigenvalue weighted by molar-refractivity contribution is 0.0979. The van der Waals surface area contributed by atoms with Gasteiger partial charge in [-0.15, -0.1) is 11.3 Å². The van der Waals surface area contributed by atoms with Gasteiger partial charge in [-0.1, -0.05) is 19.1 Å². The fourth-order valence-electron chi connectivity index (χ4n) is 3.20. The molecule has 27 heavy (non-hydrogen) atoms. The molecule has 4 nitrogen and oxygen atoms in total. The second-order valence-electron chi connectivity index (χ2n) is 6.60. The van der Waals surface area contributed by atoms with Gasteiger partial charge in [0.1, 0.15) is 5.82 Å². The average Bonchev–Trinajstić information content (AvgIpc) is 3.25. The Labute approximate surface area is 160 Å².